The van der Waals surface area contributed by atoms with E-state index in [1.165, 1.54) is 4.90 Å². The first kappa shape index (κ1) is 14.6. The van der Waals surface area contributed by atoms with E-state index >= 15 is 0 Å². The minimum Gasteiger partial charge on any atom is -0.481 e. The zero-order chi connectivity index (χ0) is 14.7. The Bertz CT molecular complexity index is 651. The lowest BCUT2D eigenvalue weighted by Gasteiger charge is -2.15. The summed E-state index contributed by atoms with van der Waals surface area (Å²) >= 11 is 3.39. The number of carbonyl (C=O) groups is 2. The van der Waals surface area contributed by atoms with E-state index < -0.39 is 5.97 Å². The Balaban J connectivity index is 2.08. The number of carbonyl (C=O) groups excluding carboxylic acids is 1. The molecule has 2 aromatic rings. The molecule has 0 saturated heterocycles. The number of aromatic amines is 1. The van der Waals surface area contributed by atoms with Crippen molar-refractivity contribution in [2.75, 3.05) is 13.6 Å². The summed E-state index contributed by atoms with van der Waals surface area (Å²) in [7, 11) is 1.67. The van der Waals surface area contributed by atoms with E-state index in [0.717, 1.165) is 15.4 Å². The van der Waals surface area contributed by atoms with Crippen LogP contribution in [-0.2, 0) is 4.79 Å². The van der Waals surface area contributed by atoms with Gasteiger partial charge in [0, 0.05) is 35.4 Å². The van der Waals surface area contributed by atoms with Gasteiger partial charge in [-0.2, -0.15) is 0 Å². The van der Waals surface area contributed by atoms with Crippen LogP contribution >= 0.6 is 15.9 Å². The van der Waals surface area contributed by atoms with Gasteiger partial charge in [-0.05, 0) is 30.7 Å². The highest BCUT2D eigenvalue weighted by Crippen LogP contribution is 2.21. The summed E-state index contributed by atoms with van der Waals surface area (Å²) in [6.45, 7) is 0.421. The standard InChI is InChI=1S/C14H15BrN2O3/c1-17(6-2-3-13(18)19)14(20)12-8-9-7-10(15)4-5-11(9)16-12/h4-5,7-8,16H,2-3,6H2,1H3,(H,18,19). The Kier molecular flexibility index (Phi) is 4.44. The third kappa shape index (κ3) is 3.39. The normalized spacial score (nSPS) is 10.7. The summed E-state index contributed by atoms with van der Waals surface area (Å²) in [5, 5.41) is 9.55. The molecule has 2 N–H and O–H groups in total. The fraction of sp³-hybridized carbons (Fsp3) is 0.286. The van der Waals surface area contributed by atoms with Crippen LogP contribution in [0.4, 0.5) is 0 Å². The highest BCUT2D eigenvalue weighted by molar-refractivity contribution is 9.10. The predicted octanol–water partition coefficient (Wildman–Crippen LogP) is 2.87. The van der Waals surface area contributed by atoms with Gasteiger partial charge in [0.2, 0.25) is 0 Å². The van der Waals surface area contributed by atoms with Gasteiger partial charge in [-0.1, -0.05) is 15.9 Å². The van der Waals surface area contributed by atoms with Crippen molar-refractivity contribution in [3.05, 3.63) is 34.4 Å². The monoisotopic (exact) mass is 338 g/mol. The van der Waals surface area contributed by atoms with Crippen LogP contribution in [0.3, 0.4) is 0 Å². The maximum Gasteiger partial charge on any atom is 0.303 e. The summed E-state index contributed by atoms with van der Waals surface area (Å²) in [4.78, 5) is 27.3. The summed E-state index contributed by atoms with van der Waals surface area (Å²) in [5.41, 5.74) is 1.41. The van der Waals surface area contributed by atoms with Gasteiger partial charge >= 0.3 is 5.97 Å². The molecule has 20 heavy (non-hydrogen) atoms. The second-order valence-electron chi connectivity index (χ2n) is 4.64. The molecule has 0 bridgehead atoms. The molecule has 0 unspecified atom stereocenters. The lowest BCUT2D eigenvalue weighted by atomic mass is 10.2. The molecular weight excluding hydrogens is 324 g/mol. The number of hydrogen-bond acceptors (Lipinski definition) is 2. The van der Waals surface area contributed by atoms with Gasteiger partial charge in [0.05, 0.1) is 0 Å². The Morgan fingerprint density at radius 3 is 2.80 bits per heavy atom. The van der Waals surface area contributed by atoms with E-state index in [1.807, 2.05) is 18.2 Å². The summed E-state index contributed by atoms with van der Waals surface area (Å²) < 4.78 is 0.956. The SMILES string of the molecule is CN(CCCC(=O)O)C(=O)c1cc2cc(Br)ccc2[nH]1. The first-order valence-corrected chi connectivity index (χ1v) is 7.02. The lowest BCUT2D eigenvalue weighted by Crippen LogP contribution is -2.28. The number of aromatic nitrogens is 1. The minimum absolute atomic E-state index is 0.0667. The number of fused-ring (bicyclic) bond motifs is 1. The molecule has 0 aliphatic carbocycles. The Hall–Kier alpha value is -1.82. The number of aliphatic carboxylic acids is 1. The summed E-state index contributed by atoms with van der Waals surface area (Å²) in [6, 6.07) is 7.55. The van der Waals surface area contributed by atoms with Crippen LogP contribution in [0.2, 0.25) is 0 Å². The number of amides is 1. The van der Waals surface area contributed by atoms with Gasteiger partial charge in [0.15, 0.2) is 0 Å². The van der Waals surface area contributed by atoms with Crippen LogP contribution < -0.4 is 0 Å². The number of hydrogen-bond donors (Lipinski definition) is 2. The van der Waals surface area contributed by atoms with Crippen molar-refractivity contribution >= 4 is 38.7 Å². The van der Waals surface area contributed by atoms with Gasteiger partial charge in [-0.15, -0.1) is 0 Å². The first-order chi connectivity index (χ1) is 9.47. The zero-order valence-corrected chi connectivity index (χ0v) is 12.6. The molecule has 1 aromatic heterocycles. The molecule has 0 aliphatic heterocycles. The fourth-order valence-electron chi connectivity index (χ4n) is 1.99. The third-order valence-electron chi connectivity index (χ3n) is 3.04. The minimum atomic E-state index is -0.846. The van der Waals surface area contributed by atoms with Crippen molar-refractivity contribution in [1.82, 2.24) is 9.88 Å². The van der Waals surface area contributed by atoms with Gasteiger partial charge in [0.1, 0.15) is 5.69 Å². The van der Waals surface area contributed by atoms with Gasteiger partial charge in [0.25, 0.3) is 5.91 Å². The topological polar surface area (TPSA) is 73.4 Å². The van der Waals surface area contributed by atoms with Crippen molar-refractivity contribution in [3.63, 3.8) is 0 Å². The maximum absolute atomic E-state index is 12.2. The highest BCUT2D eigenvalue weighted by Gasteiger charge is 2.14. The number of nitrogens with one attached hydrogen (secondary N) is 1. The molecule has 0 atom stereocenters. The molecular formula is C14H15BrN2O3. The van der Waals surface area contributed by atoms with Crippen LogP contribution in [0.15, 0.2) is 28.7 Å². The molecule has 0 aliphatic rings. The van der Waals surface area contributed by atoms with Crippen molar-refractivity contribution < 1.29 is 14.7 Å². The summed E-state index contributed by atoms with van der Waals surface area (Å²) in [5.74, 6) is -0.982. The van der Waals surface area contributed by atoms with Crippen LogP contribution in [0.5, 0.6) is 0 Å². The van der Waals surface area contributed by atoms with Crippen LogP contribution in [-0.4, -0.2) is 40.5 Å². The van der Waals surface area contributed by atoms with Crippen molar-refractivity contribution in [2.45, 2.75) is 12.8 Å². The van der Waals surface area contributed by atoms with E-state index in [4.69, 9.17) is 5.11 Å². The molecule has 1 aromatic carbocycles. The number of halogens is 1. The van der Waals surface area contributed by atoms with E-state index in [2.05, 4.69) is 20.9 Å². The van der Waals surface area contributed by atoms with Gasteiger partial charge < -0.3 is 15.0 Å². The number of nitrogens with zero attached hydrogens (tertiary/aromatic N) is 1. The third-order valence-corrected chi connectivity index (χ3v) is 3.54. The van der Waals surface area contributed by atoms with Gasteiger partial charge in [-0.3, -0.25) is 9.59 Å². The molecule has 1 heterocycles. The number of H-pyrrole nitrogens is 1. The quantitative estimate of drug-likeness (QED) is 0.880. The molecule has 1 amide bonds. The van der Waals surface area contributed by atoms with E-state index in [9.17, 15) is 9.59 Å². The molecule has 5 nitrogen and oxygen atoms in total. The van der Waals surface area contributed by atoms with E-state index in [-0.39, 0.29) is 12.3 Å². The average Bonchev–Trinajstić information content (AvgIpc) is 2.80. The Morgan fingerprint density at radius 2 is 2.10 bits per heavy atom. The van der Waals surface area contributed by atoms with Crippen molar-refractivity contribution in [2.24, 2.45) is 0 Å². The number of carboxylic acids is 1. The molecule has 0 radical (unpaired) electrons. The largest absolute Gasteiger partial charge is 0.481 e. The van der Waals surface area contributed by atoms with Crippen LogP contribution in [0, 0.1) is 0 Å². The Morgan fingerprint density at radius 1 is 1.35 bits per heavy atom. The maximum atomic E-state index is 12.2. The first-order valence-electron chi connectivity index (χ1n) is 6.23. The second-order valence-corrected chi connectivity index (χ2v) is 5.55. The molecule has 0 spiro atoms. The average molecular weight is 339 g/mol. The molecule has 2 rings (SSSR count). The molecule has 0 fully saturated rings. The van der Waals surface area contributed by atoms with E-state index in [0.29, 0.717) is 18.7 Å². The molecule has 0 saturated carbocycles. The second kappa shape index (κ2) is 6.09. The summed E-state index contributed by atoms with van der Waals surface area (Å²) in [6.07, 6.45) is 0.515. The number of benzene rings is 1. The molecule has 106 valence electrons. The number of rotatable bonds is 5. The lowest BCUT2D eigenvalue weighted by molar-refractivity contribution is -0.137. The van der Waals surface area contributed by atoms with Gasteiger partial charge in [-0.25, -0.2) is 0 Å². The van der Waals surface area contributed by atoms with Crippen molar-refractivity contribution in [3.8, 4) is 0 Å². The smallest absolute Gasteiger partial charge is 0.303 e. The fourth-order valence-corrected chi connectivity index (χ4v) is 2.37. The van der Waals surface area contributed by atoms with Crippen LogP contribution in [0.25, 0.3) is 10.9 Å². The molecule has 6 heteroatoms. The highest BCUT2D eigenvalue weighted by atomic mass is 79.9. The Labute approximate surface area is 124 Å². The van der Waals surface area contributed by atoms with E-state index in [1.54, 1.807) is 13.1 Å². The van der Waals surface area contributed by atoms with Crippen molar-refractivity contribution in [1.29, 1.82) is 0 Å². The zero-order valence-electron chi connectivity index (χ0n) is 11.0. The van der Waals surface area contributed by atoms with Crippen LogP contribution in [0.1, 0.15) is 23.3 Å². The predicted molar refractivity (Wildman–Crippen MR) is 79.8 cm³/mol. The number of carboxylic acid groups (broad SMARTS) is 1.